The van der Waals surface area contributed by atoms with Gasteiger partial charge in [0.2, 0.25) is 0 Å². The minimum Gasteiger partial charge on any atom is -0.393 e. The van der Waals surface area contributed by atoms with Crippen LogP contribution < -0.4 is 0 Å². The highest BCUT2D eigenvalue weighted by Gasteiger charge is 2.32. The van der Waals surface area contributed by atoms with Crippen LogP contribution in [-0.2, 0) is 19.6 Å². The first-order valence-electron chi connectivity index (χ1n) is 9.55. The van der Waals surface area contributed by atoms with Gasteiger partial charge in [-0.25, -0.2) is 19.6 Å². The summed E-state index contributed by atoms with van der Waals surface area (Å²) in [4.78, 5) is 22.4. The molecular formula is C20H42O6. The first kappa shape index (κ1) is 25.8. The molecule has 0 fully saturated rings. The quantitative estimate of drug-likeness (QED) is 0.367. The van der Waals surface area contributed by atoms with Crippen LogP contribution in [0.2, 0.25) is 0 Å². The average molecular weight is 379 g/mol. The van der Waals surface area contributed by atoms with Crippen molar-refractivity contribution in [3.63, 3.8) is 0 Å². The van der Waals surface area contributed by atoms with Gasteiger partial charge in [-0.05, 0) is 82.1 Å². The summed E-state index contributed by atoms with van der Waals surface area (Å²) < 4.78 is 0. The minimum absolute atomic E-state index is 0.453. The Morgan fingerprint density at radius 3 is 1.00 bits per heavy atom. The smallest absolute Gasteiger partial charge is 0.100 e. The normalized spacial score (nSPS) is 16.6. The second-order valence-electron chi connectivity index (χ2n) is 9.98. The van der Waals surface area contributed by atoms with Crippen LogP contribution in [0.3, 0.4) is 0 Å². The van der Waals surface area contributed by atoms with Gasteiger partial charge in [-0.1, -0.05) is 0 Å². The molecule has 0 saturated carbocycles. The Bertz CT molecular complexity index is 361. The van der Waals surface area contributed by atoms with Crippen molar-refractivity contribution in [1.82, 2.24) is 0 Å². The molecule has 158 valence electrons. The van der Waals surface area contributed by atoms with Crippen molar-refractivity contribution < 1.29 is 29.8 Å². The zero-order valence-corrected chi connectivity index (χ0v) is 18.5. The summed E-state index contributed by atoms with van der Waals surface area (Å²) in [6.45, 7) is 18.9. The van der Waals surface area contributed by atoms with Crippen LogP contribution in [0.25, 0.3) is 0 Å². The molecule has 0 aliphatic carbocycles. The molecule has 0 aromatic carbocycles. The lowest BCUT2D eigenvalue weighted by Gasteiger charge is -2.35. The van der Waals surface area contributed by atoms with Crippen molar-refractivity contribution in [3.8, 4) is 0 Å². The van der Waals surface area contributed by atoms with Crippen molar-refractivity contribution >= 4 is 0 Å². The Morgan fingerprint density at radius 2 is 0.769 bits per heavy atom. The fourth-order valence-electron chi connectivity index (χ4n) is 2.63. The van der Waals surface area contributed by atoms with Crippen LogP contribution in [-0.4, -0.2) is 44.8 Å². The molecule has 0 saturated heterocycles. The second kappa shape index (κ2) is 9.80. The molecule has 0 amide bonds. The number of rotatable bonds is 13. The maximum atomic E-state index is 9.53. The van der Waals surface area contributed by atoms with Crippen molar-refractivity contribution in [3.05, 3.63) is 0 Å². The summed E-state index contributed by atoms with van der Waals surface area (Å²) in [5.41, 5.74) is -2.14. The van der Waals surface area contributed by atoms with Crippen molar-refractivity contribution in [2.45, 2.75) is 130 Å². The van der Waals surface area contributed by atoms with E-state index in [1.807, 2.05) is 55.4 Å². The second-order valence-corrected chi connectivity index (χ2v) is 9.98. The molecule has 0 aromatic rings. The lowest BCUT2D eigenvalue weighted by atomic mass is 9.94. The summed E-state index contributed by atoms with van der Waals surface area (Å²) in [5, 5.41) is 19.1. The highest BCUT2D eigenvalue weighted by molar-refractivity contribution is 4.77. The Hall–Kier alpha value is -0.240. The van der Waals surface area contributed by atoms with Crippen LogP contribution in [0.1, 0.15) is 94.9 Å². The SMILES string of the molecule is CC(O)CC(C)(C)OOC(C)(C)CCC(C)(C)OOC(C)(C)CC(C)O. The molecule has 2 atom stereocenters. The van der Waals surface area contributed by atoms with Crippen molar-refractivity contribution in [2.75, 3.05) is 0 Å². The number of aliphatic hydroxyl groups excluding tert-OH is 2. The fourth-order valence-corrected chi connectivity index (χ4v) is 2.63. The van der Waals surface area contributed by atoms with E-state index in [0.29, 0.717) is 25.7 Å². The van der Waals surface area contributed by atoms with E-state index in [1.54, 1.807) is 13.8 Å². The summed E-state index contributed by atoms with van der Waals surface area (Å²) >= 11 is 0. The Labute approximate surface area is 160 Å². The van der Waals surface area contributed by atoms with Gasteiger partial charge in [0.25, 0.3) is 0 Å². The van der Waals surface area contributed by atoms with Crippen LogP contribution in [0.4, 0.5) is 0 Å². The number of hydrogen-bond acceptors (Lipinski definition) is 6. The molecule has 26 heavy (non-hydrogen) atoms. The lowest BCUT2D eigenvalue weighted by molar-refractivity contribution is -0.416. The predicted octanol–water partition coefficient (Wildman–Crippen LogP) is 4.32. The Kier molecular flexibility index (Phi) is 9.71. The predicted molar refractivity (Wildman–Crippen MR) is 102 cm³/mol. The van der Waals surface area contributed by atoms with E-state index in [4.69, 9.17) is 19.6 Å². The third-order valence-corrected chi connectivity index (χ3v) is 3.89. The van der Waals surface area contributed by atoms with E-state index in [1.165, 1.54) is 0 Å². The molecule has 0 aromatic heterocycles. The maximum absolute atomic E-state index is 9.53. The van der Waals surface area contributed by atoms with Gasteiger partial charge < -0.3 is 10.2 Å². The van der Waals surface area contributed by atoms with E-state index < -0.39 is 34.6 Å². The summed E-state index contributed by atoms with van der Waals surface area (Å²) in [7, 11) is 0. The standard InChI is InChI=1S/C20H42O6/c1-15(21)13-19(7,8)25-23-17(3,4)11-12-18(5,6)24-26-20(9,10)14-16(2)22/h15-16,21-22H,11-14H2,1-10H3. The monoisotopic (exact) mass is 378 g/mol. The van der Waals surface area contributed by atoms with Gasteiger partial charge in [0.05, 0.1) is 23.4 Å². The van der Waals surface area contributed by atoms with Crippen LogP contribution in [0.5, 0.6) is 0 Å². The molecular weight excluding hydrogens is 336 g/mol. The molecule has 6 nitrogen and oxygen atoms in total. The molecule has 0 aliphatic rings. The molecule has 0 aliphatic heterocycles. The number of hydrogen-bond donors (Lipinski definition) is 2. The largest absolute Gasteiger partial charge is 0.393 e. The maximum Gasteiger partial charge on any atom is 0.100 e. The first-order valence-corrected chi connectivity index (χ1v) is 9.55. The Morgan fingerprint density at radius 1 is 0.538 bits per heavy atom. The van der Waals surface area contributed by atoms with Gasteiger partial charge in [-0.2, -0.15) is 0 Å². The van der Waals surface area contributed by atoms with Gasteiger partial charge in [0.1, 0.15) is 11.2 Å². The molecule has 2 unspecified atom stereocenters. The van der Waals surface area contributed by atoms with Gasteiger partial charge in [-0.15, -0.1) is 0 Å². The van der Waals surface area contributed by atoms with Gasteiger partial charge >= 0.3 is 0 Å². The zero-order valence-electron chi connectivity index (χ0n) is 18.5. The Balaban J connectivity index is 4.45. The van der Waals surface area contributed by atoms with Crippen LogP contribution in [0, 0.1) is 0 Å². The number of aliphatic hydroxyl groups is 2. The van der Waals surface area contributed by atoms with E-state index in [-0.39, 0.29) is 0 Å². The molecule has 0 bridgehead atoms. The molecule has 0 heterocycles. The van der Waals surface area contributed by atoms with E-state index in [2.05, 4.69) is 0 Å². The van der Waals surface area contributed by atoms with Gasteiger partial charge in [0.15, 0.2) is 0 Å². The van der Waals surface area contributed by atoms with Crippen LogP contribution >= 0.6 is 0 Å². The van der Waals surface area contributed by atoms with Crippen LogP contribution in [0.15, 0.2) is 0 Å². The summed E-state index contributed by atoms with van der Waals surface area (Å²) in [5.74, 6) is 0. The van der Waals surface area contributed by atoms with Crippen molar-refractivity contribution in [2.24, 2.45) is 0 Å². The zero-order chi connectivity index (χ0) is 20.8. The third-order valence-electron chi connectivity index (χ3n) is 3.89. The highest BCUT2D eigenvalue weighted by atomic mass is 17.2. The molecule has 2 N–H and O–H groups in total. The highest BCUT2D eigenvalue weighted by Crippen LogP contribution is 2.29. The van der Waals surface area contributed by atoms with Gasteiger partial charge in [0, 0.05) is 12.8 Å². The van der Waals surface area contributed by atoms with Gasteiger partial charge in [-0.3, -0.25) is 0 Å². The first-order chi connectivity index (χ1) is 11.5. The lowest BCUT2D eigenvalue weighted by Crippen LogP contribution is -2.38. The molecule has 0 radical (unpaired) electrons. The van der Waals surface area contributed by atoms with E-state index in [9.17, 15) is 10.2 Å². The summed E-state index contributed by atoms with van der Waals surface area (Å²) in [6, 6.07) is 0. The van der Waals surface area contributed by atoms with Crippen molar-refractivity contribution in [1.29, 1.82) is 0 Å². The van der Waals surface area contributed by atoms with E-state index >= 15 is 0 Å². The topological polar surface area (TPSA) is 77.4 Å². The average Bonchev–Trinajstić information content (AvgIpc) is 2.39. The molecule has 0 rings (SSSR count). The molecule has 6 heteroatoms. The fraction of sp³-hybridized carbons (Fsp3) is 1.00. The third kappa shape index (κ3) is 13.0. The molecule has 0 spiro atoms. The summed E-state index contributed by atoms with van der Waals surface area (Å²) in [6.07, 6.45) is 1.47. The minimum atomic E-state index is -0.564. The van der Waals surface area contributed by atoms with E-state index in [0.717, 1.165) is 0 Å².